The molecule has 2 aromatic rings. The highest BCUT2D eigenvalue weighted by atomic mass is 15.3. The van der Waals surface area contributed by atoms with Gasteiger partial charge in [-0.1, -0.05) is 69.2 Å². The third-order valence-electron chi connectivity index (χ3n) is 4.29. The summed E-state index contributed by atoms with van der Waals surface area (Å²) in [5.74, 6) is 0. The van der Waals surface area contributed by atoms with E-state index in [4.69, 9.17) is 0 Å². The lowest BCUT2D eigenvalue weighted by molar-refractivity contribution is 0.322. The predicted molar refractivity (Wildman–Crippen MR) is 137 cm³/mol. The van der Waals surface area contributed by atoms with E-state index in [2.05, 4.69) is 122 Å². The van der Waals surface area contributed by atoms with Crippen molar-refractivity contribution in [2.24, 2.45) is 0 Å². The van der Waals surface area contributed by atoms with Gasteiger partial charge in [-0.3, -0.25) is 4.68 Å². The summed E-state index contributed by atoms with van der Waals surface area (Å²) in [6.07, 6.45) is 4.05. The van der Waals surface area contributed by atoms with E-state index < -0.39 is 0 Å². The Morgan fingerprint density at radius 2 is 1.03 bits per heavy atom. The molecule has 0 amide bonds. The number of hydrogen-bond acceptors (Lipinski definition) is 1. The zero-order chi connectivity index (χ0) is 24.6. The van der Waals surface area contributed by atoms with E-state index in [0.717, 1.165) is 0 Å². The molecule has 2 rings (SSSR count). The number of aromatic nitrogens is 3. The monoisotopic (exact) mass is 419 g/mol. The molecule has 0 saturated heterocycles. The molecule has 0 aliphatic rings. The summed E-state index contributed by atoms with van der Waals surface area (Å²) >= 11 is 0. The molecule has 0 fully saturated rings. The highest BCUT2D eigenvalue weighted by molar-refractivity contribution is 5.18. The van der Waals surface area contributed by atoms with E-state index in [1.54, 1.807) is 0 Å². The molecule has 0 aliphatic heterocycles. The summed E-state index contributed by atoms with van der Waals surface area (Å²) in [7, 11) is 0. The SMILES string of the molecule is CC.CC.CC(C)(C)c1cccn1C(C)(C)C.CC(C)(C)c1ccnn1C(C)(C)C. The van der Waals surface area contributed by atoms with Crippen LogP contribution in [0.25, 0.3) is 0 Å². The van der Waals surface area contributed by atoms with E-state index in [9.17, 15) is 0 Å². The minimum absolute atomic E-state index is 0.0755. The fraction of sp³-hybridized carbons (Fsp3) is 0.741. The fourth-order valence-corrected chi connectivity index (χ4v) is 2.98. The van der Waals surface area contributed by atoms with Gasteiger partial charge < -0.3 is 4.57 Å². The Morgan fingerprint density at radius 1 is 0.600 bits per heavy atom. The molecular formula is C27H53N3. The predicted octanol–water partition coefficient (Wildman–Crippen LogP) is 8.53. The van der Waals surface area contributed by atoms with Crippen molar-refractivity contribution in [2.45, 2.75) is 133 Å². The van der Waals surface area contributed by atoms with Crippen LogP contribution in [-0.2, 0) is 21.9 Å². The molecule has 0 radical (unpaired) electrons. The van der Waals surface area contributed by atoms with Gasteiger partial charge >= 0.3 is 0 Å². The van der Waals surface area contributed by atoms with E-state index in [1.165, 1.54) is 11.4 Å². The second-order valence-electron chi connectivity index (χ2n) is 11.2. The Bertz CT molecular complexity index is 571. The van der Waals surface area contributed by atoms with Crippen molar-refractivity contribution in [3.63, 3.8) is 0 Å². The minimum Gasteiger partial charge on any atom is -0.346 e. The van der Waals surface area contributed by atoms with Gasteiger partial charge in [0.25, 0.3) is 0 Å². The largest absolute Gasteiger partial charge is 0.346 e. The van der Waals surface area contributed by atoms with Crippen molar-refractivity contribution in [2.75, 3.05) is 0 Å². The third-order valence-corrected chi connectivity index (χ3v) is 4.29. The first-order chi connectivity index (χ1) is 13.5. The second kappa shape index (κ2) is 11.8. The lowest BCUT2D eigenvalue weighted by Gasteiger charge is -2.30. The van der Waals surface area contributed by atoms with Gasteiger partial charge in [-0.2, -0.15) is 5.10 Å². The minimum atomic E-state index is 0.0755. The molecule has 0 aliphatic carbocycles. The van der Waals surface area contributed by atoms with Crippen LogP contribution in [0.5, 0.6) is 0 Å². The Kier molecular flexibility index (Phi) is 12.0. The first-order valence-electron chi connectivity index (χ1n) is 11.7. The Labute approximate surface area is 189 Å². The summed E-state index contributed by atoms with van der Waals surface area (Å²) in [6.45, 7) is 34.6. The number of nitrogens with zero attached hydrogens (tertiary/aromatic N) is 3. The molecule has 2 aromatic heterocycles. The summed E-state index contributed by atoms with van der Waals surface area (Å²) in [5.41, 5.74) is 3.36. The molecule has 0 unspecified atom stereocenters. The van der Waals surface area contributed by atoms with Gasteiger partial charge in [0.15, 0.2) is 0 Å². The van der Waals surface area contributed by atoms with Crippen LogP contribution in [0.15, 0.2) is 30.6 Å². The van der Waals surface area contributed by atoms with Gasteiger partial charge in [0.2, 0.25) is 0 Å². The first-order valence-corrected chi connectivity index (χ1v) is 11.7. The molecule has 0 bridgehead atoms. The van der Waals surface area contributed by atoms with E-state index >= 15 is 0 Å². The van der Waals surface area contributed by atoms with Crippen LogP contribution in [0.2, 0.25) is 0 Å². The van der Waals surface area contributed by atoms with Gasteiger partial charge in [0, 0.05) is 40.2 Å². The van der Waals surface area contributed by atoms with Crippen molar-refractivity contribution in [3.05, 3.63) is 42.0 Å². The van der Waals surface area contributed by atoms with Gasteiger partial charge in [-0.15, -0.1) is 0 Å². The average molecular weight is 420 g/mol. The molecule has 0 saturated carbocycles. The molecule has 3 heteroatoms. The topological polar surface area (TPSA) is 22.8 Å². The number of rotatable bonds is 0. The Balaban J connectivity index is 0. The molecule has 0 N–H and O–H groups in total. The van der Waals surface area contributed by atoms with Crippen LogP contribution in [0.1, 0.15) is 122 Å². The van der Waals surface area contributed by atoms with E-state index in [-0.39, 0.29) is 21.9 Å². The highest BCUT2D eigenvalue weighted by Crippen LogP contribution is 2.28. The normalized spacial score (nSPS) is 12.0. The molecule has 30 heavy (non-hydrogen) atoms. The number of hydrogen-bond donors (Lipinski definition) is 0. The summed E-state index contributed by atoms with van der Waals surface area (Å²) in [4.78, 5) is 0. The van der Waals surface area contributed by atoms with Crippen molar-refractivity contribution < 1.29 is 0 Å². The molecule has 2 heterocycles. The molecule has 176 valence electrons. The quantitative estimate of drug-likeness (QED) is 0.419. The zero-order valence-electron chi connectivity index (χ0n) is 23.2. The van der Waals surface area contributed by atoms with Crippen LogP contribution in [0, 0.1) is 0 Å². The maximum atomic E-state index is 4.37. The third kappa shape index (κ3) is 9.53. The maximum absolute atomic E-state index is 4.37. The molecule has 0 aromatic carbocycles. The maximum Gasteiger partial charge on any atom is 0.0546 e. The zero-order valence-corrected chi connectivity index (χ0v) is 23.2. The van der Waals surface area contributed by atoms with Crippen LogP contribution >= 0.6 is 0 Å². The van der Waals surface area contributed by atoms with E-state index in [1.807, 2.05) is 33.9 Å². The van der Waals surface area contributed by atoms with Crippen LogP contribution in [-0.4, -0.2) is 14.3 Å². The van der Waals surface area contributed by atoms with Crippen molar-refractivity contribution in [1.29, 1.82) is 0 Å². The van der Waals surface area contributed by atoms with Crippen molar-refractivity contribution >= 4 is 0 Å². The molecular weight excluding hydrogens is 366 g/mol. The fourth-order valence-electron chi connectivity index (χ4n) is 2.98. The van der Waals surface area contributed by atoms with Gasteiger partial charge in [-0.05, 0) is 59.7 Å². The molecule has 3 nitrogen and oxygen atoms in total. The van der Waals surface area contributed by atoms with Crippen molar-refractivity contribution in [1.82, 2.24) is 14.3 Å². The van der Waals surface area contributed by atoms with Crippen LogP contribution < -0.4 is 0 Å². The molecule has 0 spiro atoms. The first kappa shape index (κ1) is 30.7. The van der Waals surface area contributed by atoms with Crippen LogP contribution in [0.4, 0.5) is 0 Å². The summed E-state index contributed by atoms with van der Waals surface area (Å²) < 4.78 is 4.46. The second-order valence-corrected chi connectivity index (χ2v) is 11.2. The Morgan fingerprint density at radius 3 is 1.30 bits per heavy atom. The summed E-state index contributed by atoms with van der Waals surface area (Å²) in [6, 6.07) is 6.45. The van der Waals surface area contributed by atoms with E-state index in [0.29, 0.717) is 0 Å². The van der Waals surface area contributed by atoms with Gasteiger partial charge in [-0.25, -0.2) is 0 Å². The smallest absolute Gasteiger partial charge is 0.0546 e. The lowest BCUT2D eigenvalue weighted by atomic mass is 9.91. The summed E-state index contributed by atoms with van der Waals surface area (Å²) in [5, 5.41) is 4.37. The standard InChI is InChI=1S/C12H21N.C11H20N2.2C2H6/c1-11(2,3)10-8-7-9-13(10)12(4,5)6;1-10(2,3)9-7-8-12-13(9)11(4,5)6;2*1-2/h7-9H,1-6H3;7-8H,1-6H3;2*1-2H3. The average Bonchev–Trinajstić information content (AvgIpc) is 3.27. The molecule has 0 atom stereocenters. The lowest BCUT2D eigenvalue weighted by Crippen LogP contribution is -2.29. The van der Waals surface area contributed by atoms with Gasteiger partial charge in [0.1, 0.15) is 0 Å². The Hall–Kier alpha value is -1.51. The van der Waals surface area contributed by atoms with Gasteiger partial charge in [0.05, 0.1) is 5.54 Å². The van der Waals surface area contributed by atoms with Crippen LogP contribution in [0.3, 0.4) is 0 Å². The van der Waals surface area contributed by atoms with Crippen molar-refractivity contribution in [3.8, 4) is 0 Å². The highest BCUT2D eigenvalue weighted by Gasteiger charge is 2.25.